The van der Waals surface area contributed by atoms with Crippen molar-refractivity contribution in [3.63, 3.8) is 0 Å². The molecule has 0 spiro atoms. The van der Waals surface area contributed by atoms with E-state index in [0.29, 0.717) is 6.61 Å². The Balaban J connectivity index is 1.50. The zero-order valence-electron chi connectivity index (χ0n) is 15.8. The third kappa shape index (κ3) is 6.11. The summed E-state index contributed by atoms with van der Waals surface area (Å²) in [5.74, 6) is -0.898. The Morgan fingerprint density at radius 1 is 1.00 bits per heavy atom. The molecule has 9 heteroatoms. The minimum absolute atomic E-state index is 0.0557. The van der Waals surface area contributed by atoms with Crippen molar-refractivity contribution in [2.24, 2.45) is 0 Å². The number of sulfonamides is 1. The van der Waals surface area contributed by atoms with E-state index in [2.05, 4.69) is 15.6 Å². The van der Waals surface area contributed by atoms with E-state index < -0.39 is 15.9 Å². The van der Waals surface area contributed by atoms with Crippen molar-refractivity contribution in [3.05, 3.63) is 65.7 Å². The Labute approximate surface area is 169 Å². The Morgan fingerprint density at radius 3 is 2.38 bits per heavy atom. The first-order chi connectivity index (χ1) is 13.9. The summed E-state index contributed by atoms with van der Waals surface area (Å²) in [4.78, 5) is 24.1. The molecule has 0 saturated carbocycles. The number of carbonyl (C=O) groups excluding carboxylic acids is 2. The third-order valence-electron chi connectivity index (χ3n) is 4.47. The number of carbonyl (C=O) groups is 2. The predicted molar refractivity (Wildman–Crippen MR) is 106 cm³/mol. The molecular formula is C20H23N3O5S. The summed E-state index contributed by atoms with van der Waals surface area (Å²) in [5.41, 5.74) is 5.71. The van der Waals surface area contributed by atoms with Crippen LogP contribution in [0.4, 0.5) is 0 Å². The van der Waals surface area contributed by atoms with Gasteiger partial charge in [-0.25, -0.2) is 13.1 Å². The second kappa shape index (κ2) is 9.64. The van der Waals surface area contributed by atoms with E-state index >= 15 is 0 Å². The minimum atomic E-state index is -3.68. The minimum Gasteiger partial charge on any atom is -0.377 e. The fraction of sp³-hybridized carbons (Fsp3) is 0.300. The standard InChI is InChI=1S/C20H23N3O5S/c24-19(13-15-5-2-1-3-6-15)22-23-20(25)16-8-10-18(11-9-16)29(26,27)21-14-17-7-4-12-28-17/h1-3,5-6,8-11,17,21H,4,7,12-14H2,(H,22,24)(H,23,25). The van der Waals surface area contributed by atoms with Crippen molar-refractivity contribution >= 4 is 21.8 Å². The maximum absolute atomic E-state index is 12.3. The molecule has 1 aliphatic rings. The largest absolute Gasteiger partial charge is 0.377 e. The van der Waals surface area contributed by atoms with Crippen LogP contribution in [0.2, 0.25) is 0 Å². The van der Waals surface area contributed by atoms with Crippen molar-refractivity contribution in [2.45, 2.75) is 30.3 Å². The molecule has 1 unspecified atom stereocenters. The zero-order valence-corrected chi connectivity index (χ0v) is 16.6. The van der Waals surface area contributed by atoms with Crippen LogP contribution in [0, 0.1) is 0 Å². The number of hydrogen-bond acceptors (Lipinski definition) is 5. The lowest BCUT2D eigenvalue weighted by atomic mass is 10.1. The highest BCUT2D eigenvalue weighted by molar-refractivity contribution is 7.89. The number of ether oxygens (including phenoxy) is 1. The van der Waals surface area contributed by atoms with Crippen molar-refractivity contribution in [2.75, 3.05) is 13.2 Å². The van der Waals surface area contributed by atoms with Gasteiger partial charge in [0.1, 0.15) is 0 Å². The molecule has 0 bridgehead atoms. The summed E-state index contributed by atoms with van der Waals surface area (Å²) in [5, 5.41) is 0. The van der Waals surface area contributed by atoms with Gasteiger partial charge in [0.2, 0.25) is 15.9 Å². The van der Waals surface area contributed by atoms with E-state index in [1.807, 2.05) is 30.3 Å². The van der Waals surface area contributed by atoms with Gasteiger partial charge >= 0.3 is 0 Å². The summed E-state index contributed by atoms with van der Waals surface area (Å²) in [7, 11) is -3.68. The van der Waals surface area contributed by atoms with Gasteiger partial charge in [-0.1, -0.05) is 30.3 Å². The molecule has 0 aromatic heterocycles. The van der Waals surface area contributed by atoms with Crippen molar-refractivity contribution in [1.82, 2.24) is 15.6 Å². The molecule has 154 valence electrons. The Hall–Kier alpha value is -2.75. The van der Waals surface area contributed by atoms with Gasteiger partial charge in [0.25, 0.3) is 5.91 Å². The van der Waals surface area contributed by atoms with Crippen molar-refractivity contribution in [3.8, 4) is 0 Å². The van der Waals surface area contributed by atoms with Crippen LogP contribution in [0.1, 0.15) is 28.8 Å². The molecular weight excluding hydrogens is 394 g/mol. The Kier molecular flexibility index (Phi) is 6.97. The first-order valence-electron chi connectivity index (χ1n) is 9.28. The fourth-order valence-electron chi connectivity index (χ4n) is 2.90. The SMILES string of the molecule is O=C(Cc1ccccc1)NNC(=O)c1ccc(S(=O)(=O)NCC2CCCO2)cc1. The molecule has 1 saturated heterocycles. The van der Waals surface area contributed by atoms with Gasteiger partial charge < -0.3 is 4.74 Å². The van der Waals surface area contributed by atoms with Crippen LogP contribution in [0.15, 0.2) is 59.5 Å². The highest BCUT2D eigenvalue weighted by Crippen LogP contribution is 2.14. The van der Waals surface area contributed by atoms with Gasteiger partial charge in [0.05, 0.1) is 17.4 Å². The van der Waals surface area contributed by atoms with Crippen molar-refractivity contribution in [1.29, 1.82) is 0 Å². The highest BCUT2D eigenvalue weighted by Gasteiger charge is 2.20. The van der Waals surface area contributed by atoms with Crippen LogP contribution >= 0.6 is 0 Å². The monoisotopic (exact) mass is 417 g/mol. The maximum atomic E-state index is 12.3. The molecule has 2 amide bonds. The molecule has 1 aliphatic heterocycles. The molecule has 3 rings (SSSR count). The first kappa shape index (κ1) is 21.0. The van der Waals surface area contributed by atoms with Crippen LogP contribution in [-0.2, 0) is 26.0 Å². The van der Waals surface area contributed by atoms with Gasteiger partial charge in [-0.2, -0.15) is 0 Å². The highest BCUT2D eigenvalue weighted by atomic mass is 32.2. The smallest absolute Gasteiger partial charge is 0.269 e. The molecule has 1 heterocycles. The van der Waals surface area contributed by atoms with Gasteiger partial charge in [-0.05, 0) is 42.7 Å². The van der Waals surface area contributed by atoms with Gasteiger partial charge in [-0.15, -0.1) is 0 Å². The summed E-state index contributed by atoms with van der Waals surface area (Å²) in [6.07, 6.45) is 1.79. The molecule has 0 aliphatic carbocycles. The van der Waals surface area contributed by atoms with E-state index in [9.17, 15) is 18.0 Å². The van der Waals surface area contributed by atoms with Crippen LogP contribution in [0.25, 0.3) is 0 Å². The number of rotatable bonds is 7. The average molecular weight is 417 g/mol. The Bertz CT molecular complexity index is 940. The lowest BCUT2D eigenvalue weighted by molar-refractivity contribution is -0.121. The van der Waals surface area contributed by atoms with Gasteiger partial charge in [0, 0.05) is 18.7 Å². The van der Waals surface area contributed by atoms with Crippen LogP contribution < -0.4 is 15.6 Å². The molecule has 1 fully saturated rings. The summed E-state index contributed by atoms with van der Waals surface area (Å²) in [6.45, 7) is 0.871. The first-order valence-corrected chi connectivity index (χ1v) is 10.8. The molecule has 8 nitrogen and oxygen atoms in total. The summed E-state index contributed by atoms with van der Waals surface area (Å²) < 4.78 is 32.6. The van der Waals surface area contributed by atoms with Gasteiger partial charge in [0.15, 0.2) is 0 Å². The number of hydrazine groups is 1. The summed E-state index contributed by atoms with van der Waals surface area (Å²) in [6, 6.07) is 14.6. The molecule has 29 heavy (non-hydrogen) atoms. The molecule has 0 radical (unpaired) electrons. The van der Waals surface area contributed by atoms with Crippen LogP contribution in [-0.4, -0.2) is 39.5 Å². The normalized spacial score (nSPS) is 16.3. The predicted octanol–water partition coefficient (Wildman–Crippen LogP) is 1.15. The third-order valence-corrected chi connectivity index (χ3v) is 5.91. The lowest BCUT2D eigenvalue weighted by Crippen LogP contribution is -2.42. The maximum Gasteiger partial charge on any atom is 0.269 e. The number of hydrogen-bond donors (Lipinski definition) is 3. The quantitative estimate of drug-likeness (QED) is 0.585. The van der Waals surface area contributed by atoms with Crippen molar-refractivity contribution < 1.29 is 22.7 Å². The van der Waals surface area contributed by atoms with Gasteiger partial charge in [-0.3, -0.25) is 20.4 Å². The lowest BCUT2D eigenvalue weighted by Gasteiger charge is -2.12. The second-order valence-corrected chi connectivity index (χ2v) is 8.44. The van der Waals surface area contributed by atoms with E-state index in [1.165, 1.54) is 24.3 Å². The van der Waals surface area contributed by atoms with E-state index in [4.69, 9.17) is 4.74 Å². The van der Waals surface area contributed by atoms with E-state index in [0.717, 1.165) is 18.4 Å². The number of amides is 2. The van der Waals surface area contributed by atoms with E-state index in [1.54, 1.807) is 0 Å². The molecule has 2 aromatic rings. The fourth-order valence-corrected chi connectivity index (χ4v) is 3.97. The average Bonchev–Trinajstić information content (AvgIpc) is 3.25. The second-order valence-electron chi connectivity index (χ2n) is 6.68. The van der Waals surface area contributed by atoms with Crippen LogP contribution in [0.3, 0.4) is 0 Å². The molecule has 1 atom stereocenters. The van der Waals surface area contributed by atoms with E-state index in [-0.39, 0.29) is 35.4 Å². The molecule has 3 N–H and O–H groups in total. The number of nitrogens with one attached hydrogen (secondary N) is 3. The van der Waals surface area contributed by atoms with Crippen LogP contribution in [0.5, 0.6) is 0 Å². The zero-order chi connectivity index (χ0) is 20.7. The summed E-state index contributed by atoms with van der Waals surface area (Å²) >= 11 is 0. The molecule has 2 aromatic carbocycles. The number of benzene rings is 2. The topological polar surface area (TPSA) is 114 Å². The Morgan fingerprint density at radius 2 is 1.72 bits per heavy atom.